The van der Waals surface area contributed by atoms with E-state index in [9.17, 15) is 23.1 Å². The molecule has 0 bridgehead atoms. The highest BCUT2D eigenvalue weighted by Crippen LogP contribution is 2.27. The average molecular weight is 518 g/mol. The van der Waals surface area contributed by atoms with Crippen molar-refractivity contribution in [2.24, 2.45) is 5.92 Å². The highest BCUT2D eigenvalue weighted by molar-refractivity contribution is 7.89. The van der Waals surface area contributed by atoms with Gasteiger partial charge in [-0.2, -0.15) is 0 Å². The van der Waals surface area contributed by atoms with Crippen molar-refractivity contribution in [1.82, 2.24) is 14.9 Å². The van der Waals surface area contributed by atoms with Gasteiger partial charge in [-0.15, -0.1) is 0 Å². The van der Waals surface area contributed by atoms with Crippen molar-refractivity contribution in [3.05, 3.63) is 29.3 Å². The number of alkyl carbamates (subject to hydrolysis) is 1. The summed E-state index contributed by atoms with van der Waals surface area (Å²) in [6, 6.07) is 3.43. The third kappa shape index (κ3) is 7.83. The molecule has 0 aromatic heterocycles. The van der Waals surface area contributed by atoms with Gasteiger partial charge in [0.25, 0.3) is 15.9 Å². The molecule has 1 aliphatic rings. The normalized spacial score (nSPS) is 20.4. The summed E-state index contributed by atoms with van der Waals surface area (Å²) in [5, 5.41) is 16.6. The van der Waals surface area contributed by atoms with Crippen LogP contribution in [0.15, 0.2) is 29.2 Å². The van der Waals surface area contributed by atoms with Crippen LogP contribution in [-0.2, 0) is 19.6 Å². The molecule has 2 amide bonds. The topological polar surface area (TPSA) is 125 Å². The first-order valence-electron chi connectivity index (χ1n) is 11.4. The highest BCUT2D eigenvalue weighted by Gasteiger charge is 2.43. The number of β-amino-alcohol motifs (C(OH)–C–C–N with tert-alkyl or cyclic N) is 1. The minimum atomic E-state index is -4.40. The second-order valence-corrected chi connectivity index (χ2v) is 12.2. The van der Waals surface area contributed by atoms with Crippen LogP contribution in [0.3, 0.4) is 0 Å². The number of carbonyl (C=O) groups is 2. The van der Waals surface area contributed by atoms with Gasteiger partial charge in [0.05, 0.1) is 17.0 Å². The van der Waals surface area contributed by atoms with Crippen LogP contribution in [0.2, 0.25) is 5.02 Å². The van der Waals surface area contributed by atoms with Gasteiger partial charge in [0.15, 0.2) is 0 Å². The Bertz CT molecular complexity index is 964. The molecule has 34 heavy (non-hydrogen) atoms. The lowest BCUT2D eigenvalue weighted by Gasteiger charge is -2.36. The van der Waals surface area contributed by atoms with Crippen molar-refractivity contribution in [1.29, 1.82) is 0 Å². The molecule has 9 nitrogen and oxygen atoms in total. The van der Waals surface area contributed by atoms with Crippen molar-refractivity contribution in [3.63, 3.8) is 0 Å². The zero-order valence-electron chi connectivity index (χ0n) is 20.4. The summed E-state index contributed by atoms with van der Waals surface area (Å²) >= 11 is 6.04. The van der Waals surface area contributed by atoms with Crippen LogP contribution >= 0.6 is 11.6 Å². The van der Waals surface area contributed by atoms with Crippen LogP contribution < -0.4 is 10.6 Å². The number of amides is 2. The Morgan fingerprint density at radius 2 is 2.00 bits per heavy atom. The fourth-order valence-electron chi connectivity index (χ4n) is 3.79. The van der Waals surface area contributed by atoms with Crippen LogP contribution in [0.1, 0.15) is 53.9 Å². The van der Waals surface area contributed by atoms with Crippen LogP contribution in [0.25, 0.3) is 0 Å². The van der Waals surface area contributed by atoms with Crippen molar-refractivity contribution in [2.75, 3.05) is 13.1 Å². The quantitative estimate of drug-likeness (QED) is 0.507. The molecule has 0 radical (unpaired) electrons. The van der Waals surface area contributed by atoms with E-state index in [1.165, 1.54) is 24.3 Å². The number of halogens is 1. The molecule has 1 aliphatic heterocycles. The van der Waals surface area contributed by atoms with Crippen LogP contribution in [0.4, 0.5) is 4.79 Å². The number of hydrogen-bond donors (Lipinski definition) is 3. The standard InChI is InChI=1S/C23H36ClN3O6S/c1-15(2)12-18(26-22(30)33-23(3,4)5)21(29)27(19-10-7-11-25-14-20(19)28)34(31,32)17-9-6-8-16(24)13-17/h6,8-9,13,15,18-20,25,28H,7,10-12,14H2,1-5H3,(H,26,30)/t18-,19?,20?/m0/s1. The fourth-order valence-corrected chi connectivity index (χ4v) is 5.76. The Kier molecular flexibility index (Phi) is 9.76. The number of nitrogens with one attached hydrogen (secondary N) is 2. The first-order chi connectivity index (χ1) is 15.7. The molecule has 0 saturated carbocycles. The first-order valence-corrected chi connectivity index (χ1v) is 13.3. The SMILES string of the molecule is CC(C)C[C@H](NC(=O)OC(C)(C)C)C(=O)N(C1CCCNCC1O)S(=O)(=O)c1cccc(Cl)c1. The Morgan fingerprint density at radius 3 is 2.59 bits per heavy atom. The zero-order chi connectivity index (χ0) is 25.7. The Morgan fingerprint density at radius 1 is 1.32 bits per heavy atom. The predicted octanol–water partition coefficient (Wildman–Crippen LogP) is 2.91. The number of carbonyl (C=O) groups excluding carboxylic acids is 2. The molecule has 1 heterocycles. The molecule has 11 heteroatoms. The largest absolute Gasteiger partial charge is 0.444 e. The number of ether oxygens (including phenoxy) is 1. The third-order valence-electron chi connectivity index (χ3n) is 5.22. The number of rotatable bonds is 7. The number of aliphatic hydroxyl groups is 1. The van der Waals surface area contributed by atoms with Crippen LogP contribution in [0, 0.1) is 5.92 Å². The monoisotopic (exact) mass is 517 g/mol. The van der Waals surface area contributed by atoms with E-state index in [-0.39, 0.29) is 35.2 Å². The molecule has 1 fully saturated rings. The summed E-state index contributed by atoms with van der Waals surface area (Å²) in [7, 11) is -4.40. The second kappa shape index (κ2) is 11.7. The van der Waals surface area contributed by atoms with Gasteiger partial charge in [-0.05, 0) is 70.7 Å². The lowest BCUT2D eigenvalue weighted by molar-refractivity contribution is -0.132. The van der Waals surface area contributed by atoms with Gasteiger partial charge in [-0.1, -0.05) is 31.5 Å². The van der Waals surface area contributed by atoms with E-state index >= 15 is 0 Å². The molecule has 3 N–H and O–H groups in total. The van der Waals surface area contributed by atoms with Gasteiger partial charge in [0.1, 0.15) is 11.6 Å². The number of benzene rings is 1. The molecule has 1 aromatic carbocycles. The smallest absolute Gasteiger partial charge is 0.408 e. The van der Waals surface area contributed by atoms with Gasteiger partial charge < -0.3 is 20.5 Å². The molecule has 2 rings (SSSR count). The van der Waals surface area contributed by atoms with Gasteiger partial charge in [-0.3, -0.25) is 4.79 Å². The number of nitrogens with zero attached hydrogens (tertiary/aromatic N) is 1. The van der Waals surface area contributed by atoms with Crippen LogP contribution in [0.5, 0.6) is 0 Å². The summed E-state index contributed by atoms with van der Waals surface area (Å²) in [6.07, 6.45) is -0.942. The average Bonchev–Trinajstić information content (AvgIpc) is 2.90. The molecular formula is C23H36ClN3O6S. The Balaban J connectivity index is 2.53. The number of sulfonamides is 1. The van der Waals surface area contributed by atoms with E-state index in [0.717, 1.165) is 4.31 Å². The van der Waals surface area contributed by atoms with E-state index in [1.807, 2.05) is 13.8 Å². The summed E-state index contributed by atoms with van der Waals surface area (Å²) in [4.78, 5) is 26.2. The Hall–Kier alpha value is -1.88. The van der Waals surface area contributed by atoms with Crippen LogP contribution in [-0.4, -0.2) is 66.7 Å². The molecule has 1 saturated heterocycles. The molecule has 3 atom stereocenters. The lowest BCUT2D eigenvalue weighted by Crippen LogP contribution is -2.58. The van der Waals surface area contributed by atoms with E-state index in [1.54, 1.807) is 20.8 Å². The lowest BCUT2D eigenvalue weighted by atomic mass is 10.0. The third-order valence-corrected chi connectivity index (χ3v) is 7.27. The van der Waals surface area contributed by atoms with Gasteiger partial charge in [-0.25, -0.2) is 17.5 Å². The van der Waals surface area contributed by atoms with Gasteiger partial charge in [0, 0.05) is 11.6 Å². The highest BCUT2D eigenvalue weighted by atomic mass is 35.5. The molecule has 1 aromatic rings. The summed E-state index contributed by atoms with van der Waals surface area (Å²) in [6.45, 7) is 9.50. The van der Waals surface area contributed by atoms with Gasteiger partial charge >= 0.3 is 6.09 Å². The number of hydrogen-bond acceptors (Lipinski definition) is 7. The van der Waals surface area contributed by atoms with E-state index in [0.29, 0.717) is 13.0 Å². The minimum absolute atomic E-state index is 0.0414. The van der Waals surface area contributed by atoms with Gasteiger partial charge in [0.2, 0.25) is 0 Å². The Labute approximate surface area is 207 Å². The predicted molar refractivity (Wildman–Crippen MR) is 130 cm³/mol. The fraction of sp³-hybridized carbons (Fsp3) is 0.652. The number of aliphatic hydroxyl groups excluding tert-OH is 1. The molecule has 0 spiro atoms. The maximum Gasteiger partial charge on any atom is 0.408 e. The minimum Gasteiger partial charge on any atom is -0.444 e. The van der Waals surface area contributed by atoms with E-state index < -0.39 is 45.8 Å². The summed E-state index contributed by atoms with van der Waals surface area (Å²) in [5.74, 6) is -0.870. The van der Waals surface area contributed by atoms with Crippen molar-refractivity contribution in [3.8, 4) is 0 Å². The molecule has 2 unspecified atom stereocenters. The second-order valence-electron chi connectivity index (χ2n) is 9.91. The summed E-state index contributed by atoms with van der Waals surface area (Å²) < 4.78 is 33.6. The summed E-state index contributed by atoms with van der Waals surface area (Å²) in [5.41, 5.74) is -0.800. The van der Waals surface area contributed by atoms with Crippen molar-refractivity contribution >= 4 is 33.6 Å². The molecule has 0 aliphatic carbocycles. The van der Waals surface area contributed by atoms with E-state index in [4.69, 9.17) is 16.3 Å². The maximum atomic E-state index is 13.9. The van der Waals surface area contributed by atoms with E-state index in [2.05, 4.69) is 10.6 Å². The zero-order valence-corrected chi connectivity index (χ0v) is 21.9. The first kappa shape index (κ1) is 28.4. The van der Waals surface area contributed by atoms with Crippen molar-refractivity contribution in [2.45, 2.75) is 82.6 Å². The van der Waals surface area contributed by atoms with Crippen molar-refractivity contribution < 1.29 is 27.9 Å². The molecule has 192 valence electrons. The maximum absolute atomic E-state index is 13.9. The molecular weight excluding hydrogens is 482 g/mol.